The molecule has 0 spiro atoms. The van der Waals surface area contributed by atoms with Crippen molar-refractivity contribution in [3.05, 3.63) is 22.9 Å². The van der Waals surface area contributed by atoms with Crippen molar-refractivity contribution >= 4 is 22.7 Å². The molecule has 1 heterocycles. The van der Waals surface area contributed by atoms with Crippen LogP contribution in [-0.4, -0.2) is 15.9 Å². The van der Waals surface area contributed by atoms with Crippen LogP contribution >= 0.6 is 11.8 Å². The first kappa shape index (κ1) is 12.6. The van der Waals surface area contributed by atoms with Crippen LogP contribution in [-0.2, 0) is 4.79 Å². The minimum atomic E-state index is 0.0816. The molecule has 0 unspecified atom stereocenters. The predicted molar refractivity (Wildman–Crippen MR) is 68.1 cm³/mol. The maximum atomic E-state index is 10.7. The van der Waals surface area contributed by atoms with Gasteiger partial charge in [-0.1, -0.05) is 23.6 Å². The van der Waals surface area contributed by atoms with Gasteiger partial charge in [0.15, 0.2) is 5.12 Å². The highest BCUT2D eigenvalue weighted by atomic mass is 32.2. The quantitative estimate of drug-likeness (QED) is 0.754. The monoisotopic (exact) mass is 234 g/mol. The van der Waals surface area contributed by atoms with Gasteiger partial charge >= 0.3 is 0 Å². The highest BCUT2D eigenvalue weighted by Gasteiger charge is 2.01. The summed E-state index contributed by atoms with van der Waals surface area (Å²) in [6.07, 6.45) is 0. The number of carbonyl (C=O) groups excluding carboxylic acids is 1. The highest BCUT2D eigenvalue weighted by molar-refractivity contribution is 8.13. The molecular weight excluding hydrogens is 220 g/mol. The van der Waals surface area contributed by atoms with E-state index in [1.807, 2.05) is 13.8 Å². The maximum Gasteiger partial charge on any atom is 0.186 e. The lowest BCUT2D eigenvalue weighted by Crippen LogP contribution is -1.98. The zero-order valence-corrected chi connectivity index (χ0v) is 10.4. The third-order valence-electron chi connectivity index (χ3n) is 1.98. The van der Waals surface area contributed by atoms with Crippen LogP contribution in [0.5, 0.6) is 0 Å². The third-order valence-corrected chi connectivity index (χ3v) is 2.67. The molecular formula is C12H14N2OS. The Balaban J connectivity index is 2.84. The SMILES string of the molecule is CC(=O)SCC#Cc1c(C)cc(N)nc1C. The molecule has 3 nitrogen and oxygen atoms in total. The minimum absolute atomic E-state index is 0.0816. The van der Waals surface area contributed by atoms with E-state index in [4.69, 9.17) is 5.73 Å². The number of nitrogens with two attached hydrogens (primary N) is 1. The van der Waals surface area contributed by atoms with E-state index in [0.717, 1.165) is 16.8 Å². The Labute approximate surface area is 99.8 Å². The number of rotatable bonds is 1. The number of hydrogen-bond acceptors (Lipinski definition) is 4. The molecule has 0 aliphatic carbocycles. The van der Waals surface area contributed by atoms with E-state index in [-0.39, 0.29) is 5.12 Å². The number of aromatic nitrogens is 1. The van der Waals surface area contributed by atoms with Gasteiger partial charge in [0.05, 0.1) is 11.4 Å². The van der Waals surface area contributed by atoms with Crippen LogP contribution in [0.3, 0.4) is 0 Å². The van der Waals surface area contributed by atoms with Crippen LogP contribution in [0.25, 0.3) is 0 Å². The zero-order chi connectivity index (χ0) is 12.1. The molecule has 0 saturated carbocycles. The molecule has 1 aromatic rings. The van der Waals surface area contributed by atoms with Gasteiger partial charge in [0, 0.05) is 12.5 Å². The average Bonchev–Trinajstić information content (AvgIpc) is 2.14. The fourth-order valence-electron chi connectivity index (χ4n) is 1.31. The van der Waals surface area contributed by atoms with Crippen molar-refractivity contribution in [3.8, 4) is 11.8 Å². The van der Waals surface area contributed by atoms with Gasteiger partial charge in [-0.15, -0.1) is 0 Å². The van der Waals surface area contributed by atoms with Gasteiger partial charge in [0.2, 0.25) is 0 Å². The molecule has 1 rings (SSSR count). The van der Waals surface area contributed by atoms with Gasteiger partial charge in [0.1, 0.15) is 5.82 Å². The fraction of sp³-hybridized carbons (Fsp3) is 0.333. The first-order chi connectivity index (χ1) is 7.50. The summed E-state index contributed by atoms with van der Waals surface area (Å²) >= 11 is 1.21. The lowest BCUT2D eigenvalue weighted by molar-refractivity contribution is -0.109. The molecule has 0 saturated heterocycles. The Kier molecular flexibility index (Phi) is 4.39. The molecule has 16 heavy (non-hydrogen) atoms. The maximum absolute atomic E-state index is 10.7. The number of hydrogen-bond donors (Lipinski definition) is 1. The van der Waals surface area contributed by atoms with Crippen molar-refractivity contribution in [2.24, 2.45) is 0 Å². The van der Waals surface area contributed by atoms with E-state index in [0.29, 0.717) is 11.6 Å². The lowest BCUT2D eigenvalue weighted by Gasteiger charge is -2.03. The minimum Gasteiger partial charge on any atom is -0.384 e. The van der Waals surface area contributed by atoms with Crippen LogP contribution < -0.4 is 5.73 Å². The summed E-state index contributed by atoms with van der Waals surface area (Å²) in [6.45, 7) is 5.37. The zero-order valence-electron chi connectivity index (χ0n) is 9.63. The molecule has 4 heteroatoms. The van der Waals surface area contributed by atoms with Crippen molar-refractivity contribution in [2.45, 2.75) is 20.8 Å². The van der Waals surface area contributed by atoms with E-state index < -0.39 is 0 Å². The number of aryl methyl sites for hydroxylation is 2. The van der Waals surface area contributed by atoms with Gasteiger partial charge in [-0.05, 0) is 25.5 Å². The highest BCUT2D eigenvalue weighted by Crippen LogP contribution is 2.13. The van der Waals surface area contributed by atoms with Crippen molar-refractivity contribution in [1.29, 1.82) is 0 Å². The van der Waals surface area contributed by atoms with E-state index in [1.54, 1.807) is 6.07 Å². The summed E-state index contributed by atoms with van der Waals surface area (Å²) in [5, 5.41) is 0.0816. The number of carbonyl (C=O) groups is 1. The number of thioether (sulfide) groups is 1. The van der Waals surface area contributed by atoms with Crippen LogP contribution in [0.1, 0.15) is 23.7 Å². The van der Waals surface area contributed by atoms with Crippen molar-refractivity contribution in [2.75, 3.05) is 11.5 Å². The summed E-state index contributed by atoms with van der Waals surface area (Å²) in [5.74, 6) is 6.99. The number of pyridine rings is 1. The predicted octanol–water partition coefficient (Wildman–Crippen LogP) is 1.91. The number of nitrogen functional groups attached to an aromatic ring is 1. The molecule has 2 N–H and O–H groups in total. The molecule has 0 amide bonds. The molecule has 0 aromatic carbocycles. The van der Waals surface area contributed by atoms with E-state index >= 15 is 0 Å². The number of anilines is 1. The second-order valence-electron chi connectivity index (χ2n) is 3.41. The van der Waals surface area contributed by atoms with Crippen molar-refractivity contribution in [1.82, 2.24) is 4.98 Å². The van der Waals surface area contributed by atoms with Crippen LogP contribution in [0, 0.1) is 25.7 Å². The van der Waals surface area contributed by atoms with Gasteiger partial charge in [-0.25, -0.2) is 4.98 Å². The van der Waals surface area contributed by atoms with Crippen LogP contribution in [0.4, 0.5) is 5.82 Å². The summed E-state index contributed by atoms with van der Waals surface area (Å²) in [4.78, 5) is 14.8. The standard InChI is InChI=1S/C12H14N2OS/c1-8-7-12(13)14-9(2)11(8)5-4-6-16-10(3)15/h7H,6H2,1-3H3,(H2,13,14). The smallest absolute Gasteiger partial charge is 0.186 e. The topological polar surface area (TPSA) is 56.0 Å². The summed E-state index contributed by atoms with van der Waals surface area (Å²) in [7, 11) is 0. The average molecular weight is 234 g/mol. The normalized spacial score (nSPS) is 9.44. The summed E-state index contributed by atoms with van der Waals surface area (Å²) < 4.78 is 0. The third kappa shape index (κ3) is 3.59. The first-order valence-electron chi connectivity index (χ1n) is 4.86. The van der Waals surface area contributed by atoms with Crippen LogP contribution in [0.2, 0.25) is 0 Å². The van der Waals surface area contributed by atoms with E-state index in [9.17, 15) is 4.79 Å². The second kappa shape index (κ2) is 5.57. The lowest BCUT2D eigenvalue weighted by atomic mass is 10.1. The molecule has 0 fully saturated rings. The molecule has 0 radical (unpaired) electrons. The van der Waals surface area contributed by atoms with Gasteiger partial charge in [-0.3, -0.25) is 4.79 Å². The van der Waals surface area contributed by atoms with Crippen LogP contribution in [0.15, 0.2) is 6.07 Å². The van der Waals surface area contributed by atoms with Crippen molar-refractivity contribution < 1.29 is 4.79 Å². The van der Waals surface area contributed by atoms with E-state index in [2.05, 4.69) is 16.8 Å². The van der Waals surface area contributed by atoms with Gasteiger partial charge in [0.25, 0.3) is 0 Å². The molecule has 84 valence electrons. The molecule has 0 aliphatic heterocycles. The molecule has 0 atom stereocenters. The Morgan fingerprint density at radius 1 is 1.56 bits per heavy atom. The fourth-order valence-corrected chi connectivity index (χ4v) is 1.66. The Bertz CT molecular complexity index is 449. The first-order valence-corrected chi connectivity index (χ1v) is 5.85. The number of nitrogens with zero attached hydrogens (tertiary/aromatic N) is 1. The van der Waals surface area contributed by atoms with Crippen molar-refractivity contribution in [3.63, 3.8) is 0 Å². The molecule has 0 aliphatic rings. The molecule has 0 bridgehead atoms. The summed E-state index contributed by atoms with van der Waals surface area (Å²) in [5.41, 5.74) is 8.37. The summed E-state index contributed by atoms with van der Waals surface area (Å²) in [6, 6.07) is 1.80. The van der Waals surface area contributed by atoms with Gasteiger partial charge in [-0.2, -0.15) is 0 Å². The Morgan fingerprint density at radius 2 is 2.25 bits per heavy atom. The Morgan fingerprint density at radius 3 is 2.81 bits per heavy atom. The van der Waals surface area contributed by atoms with E-state index in [1.165, 1.54) is 18.7 Å². The molecule has 1 aromatic heterocycles. The van der Waals surface area contributed by atoms with Gasteiger partial charge < -0.3 is 5.73 Å². The largest absolute Gasteiger partial charge is 0.384 e. The second-order valence-corrected chi connectivity index (χ2v) is 4.56. The Hall–Kier alpha value is -1.47.